The first kappa shape index (κ1) is 12.6. The maximum absolute atomic E-state index is 11.8. The average Bonchev–Trinajstić information content (AvgIpc) is 2.34. The minimum absolute atomic E-state index is 0.157. The Morgan fingerprint density at radius 3 is 2.83 bits per heavy atom. The summed E-state index contributed by atoms with van der Waals surface area (Å²) in [5.74, 6) is 1.36. The zero-order chi connectivity index (χ0) is 13.1. The molecule has 0 aliphatic carbocycles. The highest BCUT2D eigenvalue weighted by molar-refractivity contribution is 6.29. The van der Waals surface area contributed by atoms with Crippen molar-refractivity contribution >= 4 is 11.6 Å². The first-order valence-electron chi connectivity index (χ1n) is 5.47. The van der Waals surface area contributed by atoms with Crippen LogP contribution in [0.25, 0.3) is 0 Å². The third-order valence-corrected chi connectivity index (χ3v) is 2.84. The predicted octanol–water partition coefficient (Wildman–Crippen LogP) is 2.26. The molecule has 1 aromatic carbocycles. The molecule has 4 nitrogen and oxygen atoms in total. The van der Waals surface area contributed by atoms with Crippen molar-refractivity contribution in [2.75, 3.05) is 7.11 Å². The topological polar surface area (TPSA) is 44.1 Å². The smallest absolute Gasteiger partial charge is 0.255 e. The van der Waals surface area contributed by atoms with Gasteiger partial charge in [-0.25, -0.2) is 4.98 Å². The van der Waals surface area contributed by atoms with Gasteiger partial charge in [0.1, 0.15) is 16.7 Å². The molecule has 0 atom stereocenters. The van der Waals surface area contributed by atoms with Crippen LogP contribution in [0.4, 0.5) is 0 Å². The summed E-state index contributed by atoms with van der Waals surface area (Å²) in [4.78, 5) is 15.9. The normalized spacial score (nSPS) is 10.4. The van der Waals surface area contributed by atoms with Gasteiger partial charge in [-0.1, -0.05) is 23.7 Å². The van der Waals surface area contributed by atoms with Gasteiger partial charge < -0.3 is 4.74 Å². The first-order chi connectivity index (χ1) is 8.60. The van der Waals surface area contributed by atoms with Crippen molar-refractivity contribution < 1.29 is 4.74 Å². The maximum Gasteiger partial charge on any atom is 0.255 e. The maximum atomic E-state index is 11.8. The fourth-order valence-electron chi connectivity index (χ4n) is 1.73. The van der Waals surface area contributed by atoms with E-state index in [2.05, 4.69) is 4.98 Å². The van der Waals surface area contributed by atoms with Gasteiger partial charge in [0.15, 0.2) is 0 Å². The number of rotatable bonds is 3. The highest BCUT2D eigenvalue weighted by atomic mass is 35.5. The van der Waals surface area contributed by atoms with E-state index in [1.807, 2.05) is 24.3 Å². The predicted molar refractivity (Wildman–Crippen MR) is 70.3 cm³/mol. The van der Waals surface area contributed by atoms with Gasteiger partial charge in [0.2, 0.25) is 0 Å². The van der Waals surface area contributed by atoms with Crippen molar-refractivity contribution in [3.63, 3.8) is 0 Å². The van der Waals surface area contributed by atoms with Crippen LogP contribution in [0.1, 0.15) is 11.4 Å². The van der Waals surface area contributed by atoms with Crippen LogP contribution in [-0.2, 0) is 6.54 Å². The largest absolute Gasteiger partial charge is 0.497 e. The van der Waals surface area contributed by atoms with Crippen molar-refractivity contribution in [1.29, 1.82) is 0 Å². The SMILES string of the molecule is COc1cccc(Cn2c(C)nc(Cl)cc2=O)c1. The fraction of sp³-hybridized carbons (Fsp3) is 0.231. The lowest BCUT2D eigenvalue weighted by molar-refractivity contribution is 0.414. The molecule has 2 rings (SSSR count). The van der Waals surface area contributed by atoms with Gasteiger partial charge in [-0.2, -0.15) is 0 Å². The lowest BCUT2D eigenvalue weighted by atomic mass is 10.2. The van der Waals surface area contributed by atoms with Crippen molar-refractivity contribution in [3.8, 4) is 5.75 Å². The van der Waals surface area contributed by atoms with Crippen LogP contribution < -0.4 is 10.3 Å². The highest BCUT2D eigenvalue weighted by Gasteiger charge is 2.05. The molecule has 0 saturated heterocycles. The molecule has 0 aliphatic rings. The van der Waals surface area contributed by atoms with Crippen molar-refractivity contribution in [3.05, 3.63) is 57.2 Å². The summed E-state index contributed by atoms with van der Waals surface area (Å²) in [6.45, 7) is 2.21. The Bertz CT molecular complexity index is 623. The summed E-state index contributed by atoms with van der Waals surface area (Å²) < 4.78 is 6.72. The molecule has 2 aromatic rings. The molecule has 94 valence electrons. The van der Waals surface area contributed by atoms with E-state index in [0.717, 1.165) is 11.3 Å². The minimum atomic E-state index is -0.157. The highest BCUT2D eigenvalue weighted by Crippen LogP contribution is 2.13. The summed E-state index contributed by atoms with van der Waals surface area (Å²) in [6.07, 6.45) is 0. The van der Waals surface area contributed by atoms with Crippen LogP contribution >= 0.6 is 11.6 Å². The summed E-state index contributed by atoms with van der Waals surface area (Å²) in [6, 6.07) is 8.88. The number of halogens is 1. The van der Waals surface area contributed by atoms with Gasteiger partial charge in [0.25, 0.3) is 5.56 Å². The molecule has 1 aromatic heterocycles. The van der Waals surface area contributed by atoms with Gasteiger partial charge in [-0.05, 0) is 24.6 Å². The van der Waals surface area contributed by atoms with E-state index in [1.165, 1.54) is 6.07 Å². The lowest BCUT2D eigenvalue weighted by Crippen LogP contribution is -2.23. The van der Waals surface area contributed by atoms with Gasteiger partial charge in [0.05, 0.1) is 13.7 Å². The van der Waals surface area contributed by atoms with E-state index in [9.17, 15) is 4.79 Å². The second kappa shape index (κ2) is 5.23. The second-order valence-corrected chi connectivity index (χ2v) is 4.29. The van der Waals surface area contributed by atoms with Gasteiger partial charge >= 0.3 is 0 Å². The summed E-state index contributed by atoms with van der Waals surface area (Å²) in [7, 11) is 1.61. The number of aromatic nitrogens is 2. The minimum Gasteiger partial charge on any atom is -0.497 e. The van der Waals surface area contributed by atoms with E-state index >= 15 is 0 Å². The Labute approximate surface area is 110 Å². The summed E-state index contributed by atoms with van der Waals surface area (Å²) in [5, 5.41) is 0.222. The molecule has 0 spiro atoms. The van der Waals surface area contributed by atoms with Gasteiger partial charge in [-0.3, -0.25) is 9.36 Å². The molecule has 1 heterocycles. The van der Waals surface area contributed by atoms with Crippen LogP contribution in [0.3, 0.4) is 0 Å². The number of methoxy groups -OCH3 is 1. The lowest BCUT2D eigenvalue weighted by Gasteiger charge is -2.10. The molecule has 0 bridgehead atoms. The molecule has 0 aliphatic heterocycles. The Hall–Kier alpha value is -1.81. The van der Waals surface area contributed by atoms with E-state index < -0.39 is 0 Å². The van der Waals surface area contributed by atoms with Crippen LogP contribution in [-0.4, -0.2) is 16.7 Å². The zero-order valence-electron chi connectivity index (χ0n) is 10.2. The fourth-order valence-corrected chi connectivity index (χ4v) is 1.95. The number of hydrogen-bond acceptors (Lipinski definition) is 3. The van der Waals surface area contributed by atoms with Gasteiger partial charge in [-0.15, -0.1) is 0 Å². The average molecular weight is 265 g/mol. The molecular formula is C13H13ClN2O2. The summed E-state index contributed by atoms with van der Waals surface area (Å²) >= 11 is 5.73. The molecule has 0 N–H and O–H groups in total. The number of aryl methyl sites for hydroxylation is 1. The molecule has 0 fully saturated rings. The van der Waals surface area contributed by atoms with E-state index in [-0.39, 0.29) is 10.7 Å². The third-order valence-electron chi connectivity index (χ3n) is 2.64. The molecule has 0 radical (unpaired) electrons. The molecule has 18 heavy (non-hydrogen) atoms. The number of benzene rings is 1. The number of hydrogen-bond donors (Lipinski definition) is 0. The monoisotopic (exact) mass is 264 g/mol. The Kier molecular flexibility index (Phi) is 3.67. The Morgan fingerprint density at radius 1 is 1.39 bits per heavy atom. The number of ether oxygens (including phenoxy) is 1. The van der Waals surface area contributed by atoms with Crippen LogP contribution in [0, 0.1) is 6.92 Å². The third kappa shape index (κ3) is 2.71. The molecule has 0 amide bonds. The number of nitrogens with zero attached hydrogens (tertiary/aromatic N) is 2. The van der Waals surface area contributed by atoms with E-state index in [1.54, 1.807) is 18.6 Å². The van der Waals surface area contributed by atoms with E-state index in [0.29, 0.717) is 12.4 Å². The first-order valence-corrected chi connectivity index (χ1v) is 5.85. The summed E-state index contributed by atoms with van der Waals surface area (Å²) in [5.41, 5.74) is 0.819. The van der Waals surface area contributed by atoms with Crippen molar-refractivity contribution in [2.24, 2.45) is 0 Å². The second-order valence-electron chi connectivity index (χ2n) is 3.90. The van der Waals surface area contributed by atoms with Crippen LogP contribution in [0.2, 0.25) is 5.15 Å². The Balaban J connectivity index is 2.37. The zero-order valence-corrected chi connectivity index (χ0v) is 10.9. The Morgan fingerprint density at radius 2 is 2.17 bits per heavy atom. The molecule has 0 saturated carbocycles. The molecule has 0 unspecified atom stereocenters. The molecular weight excluding hydrogens is 252 g/mol. The van der Waals surface area contributed by atoms with Crippen LogP contribution in [0.15, 0.2) is 35.1 Å². The van der Waals surface area contributed by atoms with E-state index in [4.69, 9.17) is 16.3 Å². The van der Waals surface area contributed by atoms with Crippen molar-refractivity contribution in [1.82, 2.24) is 9.55 Å². The van der Waals surface area contributed by atoms with Crippen molar-refractivity contribution in [2.45, 2.75) is 13.5 Å². The van der Waals surface area contributed by atoms with Crippen LogP contribution in [0.5, 0.6) is 5.75 Å². The quantitative estimate of drug-likeness (QED) is 0.799. The molecule has 5 heteroatoms. The van der Waals surface area contributed by atoms with Gasteiger partial charge in [0, 0.05) is 6.07 Å². The standard InChI is InChI=1S/C13H13ClN2O2/c1-9-15-12(14)7-13(17)16(9)8-10-4-3-5-11(6-10)18-2/h3-7H,8H2,1-2H3.